The number of aromatic amines is 1. The number of fused-ring (bicyclic) bond motifs is 1. The van der Waals surface area contributed by atoms with Crippen LogP contribution in [0.3, 0.4) is 0 Å². The van der Waals surface area contributed by atoms with Gasteiger partial charge in [0.1, 0.15) is 5.56 Å². The summed E-state index contributed by atoms with van der Waals surface area (Å²) in [6.07, 6.45) is 0.912. The summed E-state index contributed by atoms with van der Waals surface area (Å²) < 4.78 is 25.5. The Kier molecular flexibility index (Phi) is 5.94. The molecule has 1 aromatic carbocycles. The number of carbonyl (C=O) groups excluding carboxylic acids is 2. The number of sulfonamides is 1. The van der Waals surface area contributed by atoms with E-state index < -0.39 is 27.5 Å². The molecule has 1 atom stereocenters. The minimum Gasteiger partial charge on any atom is -0.345 e. The number of ketones is 1. The molecular formula is C22H27N3O5S. The van der Waals surface area contributed by atoms with Crippen molar-refractivity contribution in [1.29, 1.82) is 0 Å². The molecule has 0 saturated carbocycles. The molecule has 0 saturated heterocycles. The van der Waals surface area contributed by atoms with E-state index in [1.165, 1.54) is 32.3 Å². The molecular weight excluding hydrogens is 418 g/mol. The molecule has 0 aliphatic heterocycles. The van der Waals surface area contributed by atoms with Crippen LogP contribution in [0.2, 0.25) is 0 Å². The number of aromatic nitrogens is 1. The minimum atomic E-state index is -3.54. The number of hydrogen-bond acceptors (Lipinski definition) is 5. The molecule has 1 heterocycles. The third-order valence-corrected chi connectivity index (χ3v) is 7.30. The van der Waals surface area contributed by atoms with E-state index in [1.54, 1.807) is 19.1 Å². The highest BCUT2D eigenvalue weighted by Gasteiger charge is 2.32. The molecule has 0 spiro atoms. The summed E-state index contributed by atoms with van der Waals surface area (Å²) in [6, 6.07) is 7.07. The highest BCUT2D eigenvalue weighted by molar-refractivity contribution is 7.89. The SMILES string of the molecule is CC(NC(=O)c1cc2c([nH]c1=O)CC(C)(C)CC2=O)c1ccc(S(=O)(=O)N(C)C)cc1. The van der Waals surface area contributed by atoms with Crippen LogP contribution in [0.15, 0.2) is 40.0 Å². The van der Waals surface area contributed by atoms with Gasteiger partial charge in [0.05, 0.1) is 10.9 Å². The smallest absolute Gasteiger partial charge is 0.261 e. The highest BCUT2D eigenvalue weighted by Crippen LogP contribution is 2.33. The van der Waals surface area contributed by atoms with E-state index >= 15 is 0 Å². The van der Waals surface area contributed by atoms with Gasteiger partial charge >= 0.3 is 0 Å². The lowest BCUT2D eigenvalue weighted by molar-refractivity contribution is 0.0910. The molecule has 1 aliphatic carbocycles. The maximum absolute atomic E-state index is 12.7. The fraction of sp³-hybridized carbons (Fsp3) is 0.409. The first kappa shape index (κ1) is 22.9. The molecule has 0 fully saturated rings. The summed E-state index contributed by atoms with van der Waals surface area (Å²) in [5, 5.41) is 2.74. The second-order valence-electron chi connectivity index (χ2n) is 8.90. The maximum Gasteiger partial charge on any atom is 0.261 e. The standard InChI is InChI=1S/C22H27N3O5S/c1-13(14-6-8-15(9-7-14)31(29,30)25(4)5)23-20(27)17-10-16-18(24-21(17)28)11-22(2,3)12-19(16)26/h6-10,13H,11-12H2,1-5H3,(H,23,27)(H,24,28). The fourth-order valence-electron chi connectivity index (χ4n) is 3.69. The minimum absolute atomic E-state index is 0.0951. The van der Waals surface area contributed by atoms with E-state index in [9.17, 15) is 22.8 Å². The van der Waals surface area contributed by atoms with E-state index in [0.29, 0.717) is 29.7 Å². The van der Waals surface area contributed by atoms with Crippen molar-refractivity contribution in [3.05, 3.63) is 63.1 Å². The van der Waals surface area contributed by atoms with Gasteiger partial charge in [-0.1, -0.05) is 26.0 Å². The summed E-state index contributed by atoms with van der Waals surface area (Å²) >= 11 is 0. The van der Waals surface area contributed by atoms with E-state index in [4.69, 9.17) is 0 Å². The van der Waals surface area contributed by atoms with Crippen molar-refractivity contribution in [1.82, 2.24) is 14.6 Å². The Labute approximate surface area is 181 Å². The van der Waals surface area contributed by atoms with Gasteiger partial charge in [-0.05, 0) is 42.5 Å². The van der Waals surface area contributed by atoms with Crippen molar-refractivity contribution in [2.24, 2.45) is 5.41 Å². The number of H-pyrrole nitrogens is 1. The summed E-state index contributed by atoms with van der Waals surface area (Å²) in [5.74, 6) is -0.693. The van der Waals surface area contributed by atoms with E-state index in [-0.39, 0.29) is 21.7 Å². The van der Waals surface area contributed by atoms with Crippen molar-refractivity contribution >= 4 is 21.7 Å². The van der Waals surface area contributed by atoms with Crippen molar-refractivity contribution in [2.45, 2.75) is 44.6 Å². The van der Waals surface area contributed by atoms with Gasteiger partial charge in [0.2, 0.25) is 10.0 Å². The predicted octanol–water partition coefficient (Wildman–Crippen LogP) is 2.27. The first-order valence-corrected chi connectivity index (χ1v) is 11.4. The van der Waals surface area contributed by atoms with Gasteiger partial charge in [0, 0.05) is 31.8 Å². The van der Waals surface area contributed by atoms with Crippen LogP contribution in [0, 0.1) is 5.41 Å². The van der Waals surface area contributed by atoms with Crippen LogP contribution in [0.1, 0.15) is 65.2 Å². The molecule has 2 aromatic rings. The third kappa shape index (κ3) is 4.62. The maximum atomic E-state index is 12.7. The molecule has 1 unspecified atom stereocenters. The largest absolute Gasteiger partial charge is 0.345 e. The van der Waals surface area contributed by atoms with Gasteiger partial charge in [0.25, 0.3) is 11.5 Å². The molecule has 31 heavy (non-hydrogen) atoms. The molecule has 9 heteroatoms. The van der Waals surface area contributed by atoms with Crippen LogP contribution >= 0.6 is 0 Å². The van der Waals surface area contributed by atoms with E-state index in [2.05, 4.69) is 10.3 Å². The highest BCUT2D eigenvalue weighted by atomic mass is 32.2. The lowest BCUT2D eigenvalue weighted by Crippen LogP contribution is -2.35. The number of hydrogen-bond donors (Lipinski definition) is 2. The van der Waals surface area contributed by atoms with Crippen molar-refractivity contribution in [3.63, 3.8) is 0 Å². The number of Topliss-reactive ketones (excluding diaryl/α,β-unsaturated/α-hetero) is 1. The second-order valence-corrected chi connectivity index (χ2v) is 11.0. The molecule has 1 aliphatic rings. The summed E-state index contributed by atoms with van der Waals surface area (Å²) in [4.78, 5) is 40.6. The van der Waals surface area contributed by atoms with Crippen LogP contribution in [0.5, 0.6) is 0 Å². The zero-order valence-electron chi connectivity index (χ0n) is 18.3. The Morgan fingerprint density at radius 2 is 1.74 bits per heavy atom. The average molecular weight is 446 g/mol. The van der Waals surface area contributed by atoms with Crippen LogP contribution in [-0.4, -0.2) is 43.5 Å². The van der Waals surface area contributed by atoms with Crippen molar-refractivity contribution in [2.75, 3.05) is 14.1 Å². The van der Waals surface area contributed by atoms with Gasteiger partial charge in [-0.25, -0.2) is 12.7 Å². The molecule has 1 amide bonds. The molecule has 3 rings (SSSR count). The van der Waals surface area contributed by atoms with Gasteiger partial charge in [-0.15, -0.1) is 0 Å². The van der Waals surface area contributed by atoms with Crippen LogP contribution in [-0.2, 0) is 16.4 Å². The quantitative estimate of drug-likeness (QED) is 0.732. The first-order chi connectivity index (χ1) is 14.3. The number of rotatable bonds is 5. The Morgan fingerprint density at radius 1 is 1.13 bits per heavy atom. The second kappa shape index (κ2) is 8.05. The summed E-state index contributed by atoms with van der Waals surface area (Å²) in [5.41, 5.74) is 0.728. The Balaban J connectivity index is 1.81. The van der Waals surface area contributed by atoms with Crippen LogP contribution in [0.4, 0.5) is 0 Å². The zero-order chi connectivity index (χ0) is 23.1. The first-order valence-electron chi connectivity index (χ1n) is 9.94. The van der Waals surface area contributed by atoms with Gasteiger partial charge in [-0.2, -0.15) is 0 Å². The Bertz CT molecular complexity index is 1190. The third-order valence-electron chi connectivity index (χ3n) is 5.47. The number of pyridine rings is 1. The number of nitrogens with one attached hydrogen (secondary N) is 2. The van der Waals surface area contributed by atoms with E-state index in [1.807, 2.05) is 13.8 Å². The summed E-state index contributed by atoms with van der Waals surface area (Å²) in [6.45, 7) is 5.65. The number of amides is 1. The monoisotopic (exact) mass is 445 g/mol. The molecule has 166 valence electrons. The predicted molar refractivity (Wildman–Crippen MR) is 117 cm³/mol. The van der Waals surface area contributed by atoms with Crippen molar-refractivity contribution < 1.29 is 18.0 Å². The fourth-order valence-corrected chi connectivity index (χ4v) is 4.60. The Hall–Kier alpha value is -2.78. The lowest BCUT2D eigenvalue weighted by atomic mass is 9.75. The number of benzene rings is 1. The van der Waals surface area contributed by atoms with Gasteiger partial charge < -0.3 is 10.3 Å². The topological polar surface area (TPSA) is 116 Å². The van der Waals surface area contributed by atoms with Gasteiger partial charge in [0.15, 0.2) is 5.78 Å². The lowest BCUT2D eigenvalue weighted by Gasteiger charge is -2.29. The Morgan fingerprint density at radius 3 is 2.32 bits per heavy atom. The normalized spacial score (nSPS) is 16.6. The van der Waals surface area contributed by atoms with Gasteiger partial charge in [-0.3, -0.25) is 14.4 Å². The number of nitrogens with zero attached hydrogens (tertiary/aromatic N) is 1. The molecule has 0 bridgehead atoms. The number of carbonyl (C=O) groups is 2. The zero-order valence-corrected chi connectivity index (χ0v) is 19.1. The molecule has 2 N–H and O–H groups in total. The molecule has 8 nitrogen and oxygen atoms in total. The van der Waals surface area contributed by atoms with E-state index in [0.717, 1.165) is 4.31 Å². The van der Waals surface area contributed by atoms with Crippen LogP contribution < -0.4 is 10.9 Å². The van der Waals surface area contributed by atoms with Crippen LogP contribution in [0.25, 0.3) is 0 Å². The van der Waals surface area contributed by atoms with Crippen molar-refractivity contribution in [3.8, 4) is 0 Å². The molecule has 1 aromatic heterocycles. The summed E-state index contributed by atoms with van der Waals surface area (Å²) in [7, 11) is -0.640. The average Bonchev–Trinajstić information content (AvgIpc) is 2.66. The molecule has 0 radical (unpaired) electrons.